The lowest BCUT2D eigenvalue weighted by molar-refractivity contribution is -0.0582. The van der Waals surface area contributed by atoms with Crippen molar-refractivity contribution in [2.45, 2.75) is 51.2 Å². The van der Waals surface area contributed by atoms with E-state index in [0.29, 0.717) is 0 Å². The van der Waals surface area contributed by atoms with Crippen molar-refractivity contribution in [2.75, 3.05) is 6.61 Å². The van der Waals surface area contributed by atoms with Crippen LogP contribution in [0.2, 0.25) is 0 Å². The van der Waals surface area contributed by atoms with Gasteiger partial charge in [-0.15, -0.1) is 0 Å². The van der Waals surface area contributed by atoms with Gasteiger partial charge in [0.1, 0.15) is 0 Å². The monoisotopic (exact) mass is 158 g/mol. The highest BCUT2D eigenvalue weighted by Crippen LogP contribution is 2.20. The molecule has 0 heterocycles. The van der Waals surface area contributed by atoms with Gasteiger partial charge in [-0.2, -0.15) is 0 Å². The molecule has 2 nitrogen and oxygen atoms in total. The highest BCUT2D eigenvalue weighted by atomic mass is 16.5. The third-order valence-corrected chi connectivity index (χ3v) is 2.20. The maximum absolute atomic E-state index is 9.47. The number of hydrogen-bond donors (Lipinski definition) is 1. The summed E-state index contributed by atoms with van der Waals surface area (Å²) >= 11 is 0. The third kappa shape index (κ3) is 2.80. The average Bonchev–Trinajstić information content (AvgIpc) is 2.03. The fourth-order valence-corrected chi connectivity index (χ4v) is 1.54. The molecule has 2 atom stereocenters. The molecule has 1 fully saturated rings. The molecule has 0 bridgehead atoms. The number of ether oxygens (including phenoxy) is 1. The Hall–Kier alpha value is -0.0800. The zero-order chi connectivity index (χ0) is 8.10. The van der Waals surface area contributed by atoms with E-state index >= 15 is 0 Å². The topological polar surface area (TPSA) is 29.5 Å². The van der Waals surface area contributed by atoms with Crippen LogP contribution in [0.1, 0.15) is 39.0 Å². The quantitative estimate of drug-likeness (QED) is 0.677. The van der Waals surface area contributed by atoms with Crippen molar-refractivity contribution < 1.29 is 9.84 Å². The molecule has 0 unspecified atom stereocenters. The highest BCUT2D eigenvalue weighted by molar-refractivity contribution is 4.74. The van der Waals surface area contributed by atoms with E-state index in [9.17, 15) is 5.11 Å². The lowest BCUT2D eigenvalue weighted by Crippen LogP contribution is -2.32. The number of aliphatic hydroxyl groups excluding tert-OH is 1. The summed E-state index contributed by atoms with van der Waals surface area (Å²) in [5.41, 5.74) is 0. The Labute approximate surface area is 68.6 Å². The lowest BCUT2D eigenvalue weighted by atomic mass is 9.95. The fourth-order valence-electron chi connectivity index (χ4n) is 1.54. The zero-order valence-corrected chi connectivity index (χ0v) is 7.25. The van der Waals surface area contributed by atoms with Crippen molar-refractivity contribution in [1.29, 1.82) is 0 Å². The molecule has 1 N–H and O–H groups in total. The van der Waals surface area contributed by atoms with Crippen LogP contribution in [0.5, 0.6) is 0 Å². The van der Waals surface area contributed by atoms with E-state index in [-0.39, 0.29) is 12.2 Å². The Balaban J connectivity index is 2.18. The van der Waals surface area contributed by atoms with E-state index in [2.05, 4.69) is 6.92 Å². The normalized spacial score (nSPS) is 32.2. The van der Waals surface area contributed by atoms with Gasteiger partial charge < -0.3 is 9.84 Å². The van der Waals surface area contributed by atoms with E-state index in [1.807, 2.05) is 0 Å². The van der Waals surface area contributed by atoms with Crippen LogP contribution in [0, 0.1) is 0 Å². The van der Waals surface area contributed by atoms with Gasteiger partial charge in [0, 0.05) is 6.61 Å². The van der Waals surface area contributed by atoms with E-state index in [1.54, 1.807) is 0 Å². The molecule has 1 aliphatic carbocycles. The van der Waals surface area contributed by atoms with Gasteiger partial charge in [-0.05, 0) is 19.3 Å². The molecule has 0 radical (unpaired) electrons. The lowest BCUT2D eigenvalue weighted by Gasteiger charge is -2.27. The van der Waals surface area contributed by atoms with Gasteiger partial charge in [0.05, 0.1) is 12.2 Å². The molecule has 1 saturated carbocycles. The van der Waals surface area contributed by atoms with E-state index < -0.39 is 0 Å². The predicted octanol–water partition coefficient (Wildman–Crippen LogP) is 1.72. The second kappa shape index (κ2) is 4.73. The molecule has 0 saturated heterocycles. The molecule has 0 aliphatic heterocycles. The fraction of sp³-hybridized carbons (Fsp3) is 1.00. The summed E-state index contributed by atoms with van der Waals surface area (Å²) in [5, 5.41) is 9.47. The predicted molar refractivity (Wildman–Crippen MR) is 44.5 cm³/mol. The molecule has 0 amide bonds. The zero-order valence-electron chi connectivity index (χ0n) is 7.25. The first-order valence-electron chi connectivity index (χ1n) is 4.64. The van der Waals surface area contributed by atoms with Gasteiger partial charge in [0.2, 0.25) is 0 Å². The largest absolute Gasteiger partial charge is 0.390 e. The number of hydrogen-bond acceptors (Lipinski definition) is 2. The molecule has 11 heavy (non-hydrogen) atoms. The summed E-state index contributed by atoms with van der Waals surface area (Å²) in [5.74, 6) is 0. The summed E-state index contributed by atoms with van der Waals surface area (Å²) in [6.45, 7) is 2.89. The van der Waals surface area contributed by atoms with Gasteiger partial charge in [0.15, 0.2) is 0 Å². The van der Waals surface area contributed by atoms with Gasteiger partial charge in [-0.25, -0.2) is 0 Å². The van der Waals surface area contributed by atoms with Crippen LogP contribution in [-0.4, -0.2) is 23.9 Å². The van der Waals surface area contributed by atoms with Gasteiger partial charge >= 0.3 is 0 Å². The Kier molecular flexibility index (Phi) is 3.87. The van der Waals surface area contributed by atoms with Crippen LogP contribution in [-0.2, 0) is 4.74 Å². The van der Waals surface area contributed by atoms with Crippen molar-refractivity contribution in [3.05, 3.63) is 0 Å². The molecule has 66 valence electrons. The number of rotatable bonds is 3. The maximum atomic E-state index is 9.47. The molecule has 0 spiro atoms. The first kappa shape index (κ1) is 9.01. The van der Waals surface area contributed by atoms with Crippen molar-refractivity contribution in [3.8, 4) is 0 Å². The van der Waals surface area contributed by atoms with Crippen LogP contribution in [0.3, 0.4) is 0 Å². The van der Waals surface area contributed by atoms with Crippen molar-refractivity contribution in [2.24, 2.45) is 0 Å². The molecule has 1 aliphatic rings. The summed E-state index contributed by atoms with van der Waals surface area (Å²) in [7, 11) is 0. The minimum absolute atomic E-state index is 0.128. The summed E-state index contributed by atoms with van der Waals surface area (Å²) in [4.78, 5) is 0. The Bertz CT molecular complexity index is 104. The van der Waals surface area contributed by atoms with Crippen molar-refractivity contribution in [1.82, 2.24) is 0 Å². The smallest absolute Gasteiger partial charge is 0.0833 e. The van der Waals surface area contributed by atoms with Crippen molar-refractivity contribution in [3.63, 3.8) is 0 Å². The van der Waals surface area contributed by atoms with E-state index in [0.717, 1.165) is 32.3 Å². The Morgan fingerprint density at radius 2 is 2.09 bits per heavy atom. The molecular weight excluding hydrogens is 140 g/mol. The molecular formula is C9H18O2. The molecule has 0 aromatic rings. The Morgan fingerprint density at radius 1 is 1.36 bits per heavy atom. The second-order valence-electron chi connectivity index (χ2n) is 3.26. The van der Waals surface area contributed by atoms with E-state index in [4.69, 9.17) is 4.74 Å². The minimum atomic E-state index is -0.199. The minimum Gasteiger partial charge on any atom is -0.390 e. The Morgan fingerprint density at radius 3 is 2.73 bits per heavy atom. The maximum Gasteiger partial charge on any atom is 0.0833 e. The summed E-state index contributed by atoms with van der Waals surface area (Å²) in [6.07, 6.45) is 5.32. The molecule has 0 aromatic carbocycles. The summed E-state index contributed by atoms with van der Waals surface area (Å²) < 4.78 is 5.49. The standard InChI is InChI=1S/C9H18O2/c1-2-7-11-9-6-4-3-5-8(9)10/h8-10H,2-7H2,1H3/t8-,9+/m0/s1. The second-order valence-corrected chi connectivity index (χ2v) is 3.26. The van der Waals surface area contributed by atoms with Crippen LogP contribution in [0.25, 0.3) is 0 Å². The SMILES string of the molecule is CCCO[C@@H]1CCCC[C@@H]1O. The van der Waals surface area contributed by atoms with E-state index in [1.165, 1.54) is 6.42 Å². The van der Waals surface area contributed by atoms with Crippen LogP contribution >= 0.6 is 0 Å². The van der Waals surface area contributed by atoms with Gasteiger partial charge in [-0.1, -0.05) is 19.8 Å². The van der Waals surface area contributed by atoms with Gasteiger partial charge in [0.25, 0.3) is 0 Å². The highest BCUT2D eigenvalue weighted by Gasteiger charge is 2.22. The number of aliphatic hydroxyl groups is 1. The van der Waals surface area contributed by atoms with Crippen LogP contribution in [0.15, 0.2) is 0 Å². The third-order valence-electron chi connectivity index (χ3n) is 2.20. The summed E-state index contributed by atoms with van der Waals surface area (Å²) in [6, 6.07) is 0. The van der Waals surface area contributed by atoms with Crippen molar-refractivity contribution >= 4 is 0 Å². The first-order valence-corrected chi connectivity index (χ1v) is 4.64. The van der Waals surface area contributed by atoms with Crippen LogP contribution in [0.4, 0.5) is 0 Å². The first-order chi connectivity index (χ1) is 5.34. The molecule has 0 aromatic heterocycles. The van der Waals surface area contributed by atoms with Gasteiger partial charge in [-0.3, -0.25) is 0 Å². The molecule has 2 heteroatoms. The molecule has 1 rings (SSSR count). The van der Waals surface area contributed by atoms with Crippen LogP contribution < -0.4 is 0 Å². The average molecular weight is 158 g/mol.